The zero-order valence-corrected chi connectivity index (χ0v) is 14.5. The van der Waals surface area contributed by atoms with Gasteiger partial charge in [-0.15, -0.1) is 0 Å². The van der Waals surface area contributed by atoms with E-state index in [4.69, 9.17) is 18.0 Å². The van der Waals surface area contributed by atoms with E-state index in [1.165, 1.54) is 12.1 Å². The van der Waals surface area contributed by atoms with Crippen LogP contribution in [0.15, 0.2) is 34.9 Å². The molecule has 0 aliphatic heterocycles. The highest BCUT2D eigenvalue weighted by Crippen LogP contribution is 2.59. The highest BCUT2D eigenvalue weighted by atomic mass is 32.1. The average molecular weight is 344 g/mol. The van der Waals surface area contributed by atoms with Gasteiger partial charge in [-0.1, -0.05) is 13.8 Å². The Balaban J connectivity index is 1.91. The lowest BCUT2D eigenvalue weighted by Gasteiger charge is -2.57. The summed E-state index contributed by atoms with van der Waals surface area (Å²) in [7, 11) is 0. The van der Waals surface area contributed by atoms with Gasteiger partial charge in [-0.2, -0.15) is 5.10 Å². The number of nitro groups is 1. The van der Waals surface area contributed by atoms with Gasteiger partial charge in [0.25, 0.3) is 5.69 Å². The number of allylic oxidation sites excluding steroid dienone is 1. The third-order valence-electron chi connectivity index (χ3n) is 5.33. The summed E-state index contributed by atoms with van der Waals surface area (Å²) in [6.07, 6.45) is 4.12. The van der Waals surface area contributed by atoms with Crippen molar-refractivity contribution in [3.8, 4) is 0 Å². The van der Waals surface area contributed by atoms with Crippen molar-refractivity contribution >= 4 is 34.8 Å². The molecular weight excluding hydrogens is 324 g/mol. The van der Waals surface area contributed by atoms with Crippen molar-refractivity contribution in [3.63, 3.8) is 0 Å². The SMILES string of the molecule is CC1(C)C2CC(=Cc3ccc([N+](=O)[O-])cc3)C(=NNC(N)=S)C1C2. The molecule has 6 nitrogen and oxygen atoms in total. The lowest BCUT2D eigenvalue weighted by Crippen LogP contribution is -2.54. The molecule has 3 aliphatic rings. The Hall–Kier alpha value is -2.28. The van der Waals surface area contributed by atoms with E-state index in [-0.39, 0.29) is 16.2 Å². The van der Waals surface area contributed by atoms with E-state index >= 15 is 0 Å². The molecule has 0 aromatic heterocycles. The van der Waals surface area contributed by atoms with Crippen LogP contribution >= 0.6 is 12.2 Å². The summed E-state index contributed by atoms with van der Waals surface area (Å²) in [5, 5.41) is 15.4. The Morgan fingerprint density at radius 2 is 2.12 bits per heavy atom. The second kappa shape index (κ2) is 5.98. The van der Waals surface area contributed by atoms with E-state index in [0.717, 1.165) is 29.7 Å². The molecule has 0 heterocycles. The maximum atomic E-state index is 10.8. The largest absolute Gasteiger partial charge is 0.375 e. The Morgan fingerprint density at radius 3 is 2.67 bits per heavy atom. The third-order valence-corrected chi connectivity index (χ3v) is 5.42. The smallest absolute Gasteiger partial charge is 0.269 e. The minimum Gasteiger partial charge on any atom is -0.375 e. The van der Waals surface area contributed by atoms with E-state index < -0.39 is 4.92 Å². The molecule has 2 unspecified atom stereocenters. The first-order chi connectivity index (χ1) is 11.3. The van der Waals surface area contributed by atoms with Crippen LogP contribution in [-0.4, -0.2) is 15.7 Å². The molecule has 7 heteroatoms. The number of non-ortho nitro benzene ring substituents is 1. The molecule has 3 saturated carbocycles. The van der Waals surface area contributed by atoms with Crippen LogP contribution in [0.1, 0.15) is 32.3 Å². The fourth-order valence-corrected chi connectivity index (χ4v) is 3.76. The number of hydrogen-bond donors (Lipinski definition) is 2. The highest BCUT2D eigenvalue weighted by molar-refractivity contribution is 7.80. The van der Waals surface area contributed by atoms with Gasteiger partial charge in [0, 0.05) is 18.1 Å². The fourth-order valence-electron chi connectivity index (χ4n) is 3.71. The van der Waals surface area contributed by atoms with Gasteiger partial charge in [0.15, 0.2) is 5.11 Å². The fraction of sp³-hybridized carbons (Fsp3) is 0.412. The van der Waals surface area contributed by atoms with Crippen LogP contribution in [0.2, 0.25) is 0 Å². The number of nitrogens with zero attached hydrogens (tertiary/aromatic N) is 2. The molecule has 0 radical (unpaired) electrons. The van der Waals surface area contributed by atoms with Gasteiger partial charge in [-0.3, -0.25) is 15.5 Å². The van der Waals surface area contributed by atoms with Crippen LogP contribution in [0.4, 0.5) is 5.69 Å². The summed E-state index contributed by atoms with van der Waals surface area (Å²) >= 11 is 4.86. The second-order valence-corrected chi connectivity index (χ2v) is 7.44. The van der Waals surface area contributed by atoms with Crippen molar-refractivity contribution in [2.45, 2.75) is 26.7 Å². The van der Waals surface area contributed by atoms with Crippen molar-refractivity contribution in [1.29, 1.82) is 0 Å². The summed E-state index contributed by atoms with van der Waals surface area (Å²) in [5.41, 5.74) is 11.6. The molecule has 0 amide bonds. The molecule has 0 saturated heterocycles. The molecule has 1 aromatic rings. The van der Waals surface area contributed by atoms with E-state index in [9.17, 15) is 10.1 Å². The number of hydrazone groups is 1. The summed E-state index contributed by atoms with van der Waals surface area (Å²) in [4.78, 5) is 10.4. The topological polar surface area (TPSA) is 93.5 Å². The Kier molecular flexibility index (Phi) is 4.13. The molecule has 2 atom stereocenters. The summed E-state index contributed by atoms with van der Waals surface area (Å²) < 4.78 is 0. The first-order valence-electron chi connectivity index (χ1n) is 7.87. The van der Waals surface area contributed by atoms with Gasteiger partial charge in [0.05, 0.1) is 10.6 Å². The van der Waals surface area contributed by atoms with Crippen LogP contribution in [-0.2, 0) is 0 Å². The van der Waals surface area contributed by atoms with Crippen LogP contribution in [0.25, 0.3) is 6.08 Å². The van der Waals surface area contributed by atoms with Crippen LogP contribution in [0.3, 0.4) is 0 Å². The number of thiocarbonyl (C=S) groups is 1. The monoisotopic (exact) mass is 344 g/mol. The van der Waals surface area contributed by atoms with Crippen molar-refractivity contribution in [2.75, 3.05) is 0 Å². The number of nitrogens with two attached hydrogens (primary N) is 1. The van der Waals surface area contributed by atoms with Gasteiger partial charge in [0.1, 0.15) is 0 Å². The van der Waals surface area contributed by atoms with E-state index in [1.54, 1.807) is 12.1 Å². The molecule has 126 valence electrons. The number of benzene rings is 1. The van der Waals surface area contributed by atoms with Gasteiger partial charge in [-0.25, -0.2) is 0 Å². The molecule has 0 spiro atoms. The quantitative estimate of drug-likeness (QED) is 0.499. The lowest BCUT2D eigenvalue weighted by atomic mass is 9.47. The molecule has 3 aliphatic carbocycles. The summed E-state index contributed by atoms with van der Waals surface area (Å²) in [5.74, 6) is 1.01. The molecule has 3 fully saturated rings. The predicted molar refractivity (Wildman–Crippen MR) is 98.4 cm³/mol. The molecule has 3 N–H and O–H groups in total. The molecular formula is C17H20N4O2S. The number of rotatable bonds is 3. The van der Waals surface area contributed by atoms with E-state index in [0.29, 0.717) is 11.8 Å². The normalized spacial score (nSPS) is 27.6. The Bertz CT molecular complexity index is 752. The zero-order chi connectivity index (χ0) is 17.5. The number of fused-ring (bicyclic) bond motifs is 2. The van der Waals surface area contributed by atoms with Gasteiger partial charge >= 0.3 is 0 Å². The van der Waals surface area contributed by atoms with Gasteiger partial charge in [0.2, 0.25) is 0 Å². The zero-order valence-electron chi connectivity index (χ0n) is 13.7. The molecule has 1 aromatic carbocycles. The van der Waals surface area contributed by atoms with E-state index in [2.05, 4.69) is 30.5 Å². The van der Waals surface area contributed by atoms with Crippen molar-refractivity contribution in [2.24, 2.45) is 28.1 Å². The highest BCUT2D eigenvalue weighted by Gasteiger charge is 2.54. The first-order valence-corrected chi connectivity index (χ1v) is 8.28. The summed E-state index contributed by atoms with van der Waals surface area (Å²) in [6, 6.07) is 6.55. The van der Waals surface area contributed by atoms with Crippen molar-refractivity contribution in [1.82, 2.24) is 5.43 Å². The minimum atomic E-state index is -0.395. The van der Waals surface area contributed by atoms with Crippen LogP contribution < -0.4 is 11.2 Å². The average Bonchev–Trinajstić information content (AvgIpc) is 2.53. The number of nitrogens with one attached hydrogen (secondary N) is 1. The van der Waals surface area contributed by atoms with Crippen molar-refractivity contribution in [3.05, 3.63) is 45.5 Å². The first kappa shape index (κ1) is 16.6. The standard InChI is InChI=1S/C17H20N4O2S/c1-17(2)12-8-11(15(14(17)9-12)19-20-16(18)24)7-10-3-5-13(6-4-10)21(22)23/h3-7,12,14H,8-9H2,1-2H3,(H3,18,20,24). The number of hydrogen-bond acceptors (Lipinski definition) is 4. The van der Waals surface area contributed by atoms with Gasteiger partial charge < -0.3 is 5.73 Å². The lowest BCUT2D eigenvalue weighted by molar-refractivity contribution is -0.384. The maximum Gasteiger partial charge on any atom is 0.269 e. The Morgan fingerprint density at radius 1 is 1.46 bits per heavy atom. The number of nitro benzene ring substituents is 1. The third kappa shape index (κ3) is 2.91. The summed E-state index contributed by atoms with van der Waals surface area (Å²) in [6.45, 7) is 4.54. The van der Waals surface area contributed by atoms with Gasteiger partial charge in [-0.05, 0) is 65.7 Å². The Labute approximate surface area is 146 Å². The molecule has 4 rings (SSSR count). The predicted octanol–water partition coefficient (Wildman–Crippen LogP) is 3.23. The van der Waals surface area contributed by atoms with Crippen LogP contribution in [0.5, 0.6) is 0 Å². The van der Waals surface area contributed by atoms with E-state index in [1.807, 2.05) is 0 Å². The molecule has 24 heavy (non-hydrogen) atoms. The second-order valence-electron chi connectivity index (χ2n) is 7.00. The van der Waals surface area contributed by atoms with Crippen LogP contribution in [0, 0.1) is 27.4 Å². The molecule has 2 bridgehead atoms. The van der Waals surface area contributed by atoms with Crippen molar-refractivity contribution < 1.29 is 4.92 Å². The maximum absolute atomic E-state index is 10.8. The minimum absolute atomic E-state index is 0.0915.